The topological polar surface area (TPSA) is 95.8 Å². The Bertz CT molecular complexity index is 605. The van der Waals surface area contributed by atoms with Gasteiger partial charge in [0.05, 0.1) is 5.69 Å². The lowest BCUT2D eigenvalue weighted by molar-refractivity contribution is 0.448. The molecule has 0 fully saturated rings. The van der Waals surface area contributed by atoms with Gasteiger partial charge in [-0.1, -0.05) is 45.4 Å². The van der Waals surface area contributed by atoms with Gasteiger partial charge in [0.2, 0.25) is 5.96 Å². The van der Waals surface area contributed by atoms with E-state index in [1.165, 1.54) is 32.1 Å². The number of guanidine groups is 2. The molecule has 6 nitrogen and oxygen atoms in total. The van der Waals surface area contributed by atoms with Gasteiger partial charge in [0, 0.05) is 6.54 Å². The summed E-state index contributed by atoms with van der Waals surface area (Å²) in [4.78, 5) is 0. The molecule has 0 bridgehead atoms. The minimum absolute atomic E-state index is 0. The van der Waals surface area contributed by atoms with E-state index in [0.29, 0.717) is 6.54 Å². The summed E-state index contributed by atoms with van der Waals surface area (Å²) >= 11 is 0. The zero-order valence-corrected chi connectivity index (χ0v) is 17.4. The summed E-state index contributed by atoms with van der Waals surface area (Å²) in [6.07, 6.45) is 8.15. The van der Waals surface area contributed by atoms with E-state index in [1.54, 1.807) is 0 Å². The number of benzene rings is 1. The summed E-state index contributed by atoms with van der Waals surface area (Å²) in [6, 6.07) is 1.77. The van der Waals surface area contributed by atoms with Crippen LogP contribution in [0, 0.1) is 28.3 Å². The van der Waals surface area contributed by atoms with E-state index in [1.807, 2.05) is 0 Å². The second-order valence-corrected chi connectivity index (χ2v) is 5.90. The zero-order valence-electron chi connectivity index (χ0n) is 15.8. The molecule has 0 saturated carbocycles. The van der Waals surface area contributed by atoms with E-state index in [2.05, 4.69) is 28.4 Å². The van der Waals surface area contributed by atoms with Crippen molar-refractivity contribution in [3.8, 4) is 0 Å². The Labute approximate surface area is 176 Å². The molecule has 0 radical (unpaired) electrons. The van der Waals surface area contributed by atoms with Crippen molar-refractivity contribution in [3.05, 3.63) is 29.6 Å². The first-order valence-corrected chi connectivity index (χ1v) is 8.79. The predicted octanol–water partition coefficient (Wildman–Crippen LogP) is 4.66. The Balaban J connectivity index is 0. The van der Waals surface area contributed by atoms with Gasteiger partial charge in [0.25, 0.3) is 0 Å². The monoisotopic (exact) mass is 444 g/mol. The van der Waals surface area contributed by atoms with Gasteiger partial charge in [0.15, 0.2) is 23.4 Å². The summed E-state index contributed by atoms with van der Waals surface area (Å²) in [6.45, 7) is 2.79. The van der Waals surface area contributed by atoms with Crippen LogP contribution < -0.4 is 21.5 Å². The smallest absolute Gasteiger partial charge is 0.214 e. The van der Waals surface area contributed by atoms with Crippen LogP contribution in [0.25, 0.3) is 0 Å². The Kier molecular flexibility index (Phi) is 16.3. The molecule has 0 unspecified atom stereocenters. The van der Waals surface area contributed by atoms with Gasteiger partial charge in [-0.25, -0.2) is 13.2 Å². The SMILES string of the molecule is CCCCCCCCCNC(=N)NC(=N)NNc1ccc(F)c(F)c1F.Cl.Cl. The summed E-state index contributed by atoms with van der Waals surface area (Å²) in [5, 5.41) is 20.5. The number of hydrogen-bond donors (Lipinski definition) is 6. The molecule has 0 aliphatic rings. The minimum atomic E-state index is -1.60. The highest BCUT2D eigenvalue weighted by atomic mass is 35.5. The van der Waals surface area contributed by atoms with Crippen LogP contribution in [0.2, 0.25) is 0 Å². The molecule has 1 aromatic rings. The number of unbranched alkanes of at least 4 members (excludes halogenated alkanes) is 6. The van der Waals surface area contributed by atoms with Crippen molar-refractivity contribution in [2.24, 2.45) is 0 Å². The number of hydrogen-bond acceptors (Lipinski definition) is 3. The number of anilines is 1. The third-order valence-electron chi connectivity index (χ3n) is 3.69. The number of rotatable bonds is 10. The molecule has 0 amide bonds. The maximum atomic E-state index is 13.4. The zero-order chi connectivity index (χ0) is 19.4. The lowest BCUT2D eigenvalue weighted by atomic mass is 10.1. The summed E-state index contributed by atoms with van der Waals surface area (Å²) in [5.74, 6) is -4.71. The van der Waals surface area contributed by atoms with Crippen LogP contribution in [-0.2, 0) is 0 Å². The highest BCUT2D eigenvalue weighted by molar-refractivity contribution is 5.96. The van der Waals surface area contributed by atoms with Crippen LogP contribution in [0.5, 0.6) is 0 Å². The lowest BCUT2D eigenvalue weighted by Gasteiger charge is -2.14. The maximum Gasteiger partial charge on any atom is 0.214 e. The molecule has 1 aromatic carbocycles. The van der Waals surface area contributed by atoms with E-state index >= 15 is 0 Å². The first-order chi connectivity index (χ1) is 12.5. The largest absolute Gasteiger partial charge is 0.356 e. The van der Waals surface area contributed by atoms with E-state index in [9.17, 15) is 13.2 Å². The molecular weight excluding hydrogens is 416 g/mol. The van der Waals surface area contributed by atoms with Gasteiger partial charge in [-0.15, -0.1) is 24.8 Å². The molecule has 0 saturated heterocycles. The van der Waals surface area contributed by atoms with Crippen LogP contribution in [0.15, 0.2) is 12.1 Å². The first-order valence-electron chi connectivity index (χ1n) is 8.79. The molecule has 1 rings (SSSR count). The van der Waals surface area contributed by atoms with E-state index in [4.69, 9.17) is 10.8 Å². The van der Waals surface area contributed by atoms with Crippen molar-refractivity contribution < 1.29 is 13.2 Å². The average molecular weight is 445 g/mol. The standard InChI is InChI=1S/C17H27F3N6.2ClH/c1-2-3-4-5-6-7-8-11-23-16(21)24-17(22)26-25-13-10-9-12(18)14(19)15(13)20;;/h9-10,25H,2-8,11H2,1H3,(H5,21,22,23,24,26);2*1H. The molecule has 0 heterocycles. The minimum Gasteiger partial charge on any atom is -0.356 e. The molecular formula is C17H29Cl2F3N6. The van der Waals surface area contributed by atoms with Crippen molar-refractivity contribution >= 4 is 42.4 Å². The summed E-state index contributed by atoms with van der Waals surface area (Å²) < 4.78 is 39.4. The van der Waals surface area contributed by atoms with Gasteiger partial charge in [-0.3, -0.25) is 27.0 Å². The Morgan fingerprint density at radius 2 is 1.46 bits per heavy atom. The molecule has 0 spiro atoms. The molecule has 0 aliphatic carbocycles. The molecule has 0 atom stereocenters. The van der Waals surface area contributed by atoms with Crippen molar-refractivity contribution in [1.82, 2.24) is 16.1 Å². The normalized spacial score (nSPS) is 9.57. The highest BCUT2D eigenvalue weighted by Crippen LogP contribution is 2.18. The third kappa shape index (κ3) is 11.1. The van der Waals surface area contributed by atoms with E-state index < -0.39 is 17.5 Å². The van der Waals surface area contributed by atoms with E-state index in [0.717, 1.165) is 25.0 Å². The van der Waals surface area contributed by atoms with Gasteiger partial charge in [-0.2, -0.15) is 0 Å². The molecule has 162 valence electrons. The Morgan fingerprint density at radius 3 is 2.11 bits per heavy atom. The third-order valence-corrected chi connectivity index (χ3v) is 3.69. The van der Waals surface area contributed by atoms with Gasteiger partial charge in [-0.05, 0) is 18.6 Å². The van der Waals surface area contributed by atoms with Crippen LogP contribution in [-0.4, -0.2) is 18.5 Å². The predicted molar refractivity (Wildman–Crippen MR) is 112 cm³/mol. The Morgan fingerprint density at radius 1 is 0.857 bits per heavy atom. The molecule has 6 N–H and O–H groups in total. The van der Waals surface area contributed by atoms with Gasteiger partial charge in [0.1, 0.15) is 0 Å². The maximum absolute atomic E-state index is 13.4. The fraction of sp³-hybridized carbons (Fsp3) is 0.529. The van der Waals surface area contributed by atoms with Crippen molar-refractivity contribution in [3.63, 3.8) is 0 Å². The second-order valence-electron chi connectivity index (χ2n) is 5.90. The quantitative estimate of drug-likeness (QED) is 0.104. The van der Waals surface area contributed by atoms with Crippen LogP contribution in [0.4, 0.5) is 18.9 Å². The lowest BCUT2D eigenvalue weighted by Crippen LogP contribution is -2.47. The molecule has 0 aliphatic heterocycles. The fourth-order valence-electron chi connectivity index (χ4n) is 2.25. The summed E-state index contributed by atoms with van der Waals surface area (Å²) in [5.41, 5.74) is 4.15. The van der Waals surface area contributed by atoms with E-state index in [-0.39, 0.29) is 42.4 Å². The molecule has 11 heteroatoms. The molecule has 28 heavy (non-hydrogen) atoms. The van der Waals surface area contributed by atoms with Crippen molar-refractivity contribution in [2.75, 3.05) is 12.0 Å². The fourth-order valence-corrected chi connectivity index (χ4v) is 2.25. The van der Waals surface area contributed by atoms with Gasteiger partial charge < -0.3 is 5.32 Å². The Hall–Kier alpha value is -1.87. The highest BCUT2D eigenvalue weighted by Gasteiger charge is 2.13. The number of hydrazine groups is 1. The first kappa shape index (κ1) is 28.3. The van der Waals surface area contributed by atoms with Crippen molar-refractivity contribution in [2.45, 2.75) is 51.9 Å². The second kappa shape index (κ2) is 16.1. The number of halogens is 5. The van der Waals surface area contributed by atoms with Crippen molar-refractivity contribution in [1.29, 1.82) is 10.8 Å². The van der Waals surface area contributed by atoms with Crippen LogP contribution >= 0.6 is 24.8 Å². The average Bonchev–Trinajstić information content (AvgIpc) is 2.61. The summed E-state index contributed by atoms with van der Waals surface area (Å²) in [7, 11) is 0. The number of nitrogens with one attached hydrogen (secondary N) is 6. The van der Waals surface area contributed by atoms with Crippen LogP contribution in [0.1, 0.15) is 51.9 Å². The van der Waals surface area contributed by atoms with Crippen LogP contribution in [0.3, 0.4) is 0 Å². The molecule has 0 aromatic heterocycles. The van der Waals surface area contributed by atoms with Gasteiger partial charge >= 0.3 is 0 Å².